The molecule has 1 fully saturated rings. The van der Waals surface area contributed by atoms with Gasteiger partial charge in [-0.1, -0.05) is 44.4 Å². The van der Waals surface area contributed by atoms with Gasteiger partial charge in [0.05, 0.1) is 0 Å². The first kappa shape index (κ1) is 13.8. The Labute approximate surface area is 115 Å². The fourth-order valence-corrected chi connectivity index (χ4v) is 3.02. The predicted octanol–water partition coefficient (Wildman–Crippen LogP) is 4.14. The van der Waals surface area contributed by atoms with Crippen molar-refractivity contribution in [2.45, 2.75) is 52.1 Å². The molecule has 1 aromatic rings. The van der Waals surface area contributed by atoms with Crippen molar-refractivity contribution in [2.75, 3.05) is 6.54 Å². The second-order valence-corrected chi connectivity index (χ2v) is 6.07. The van der Waals surface area contributed by atoms with Crippen molar-refractivity contribution in [2.24, 2.45) is 5.92 Å². The lowest BCUT2D eigenvalue weighted by Crippen LogP contribution is -2.35. The summed E-state index contributed by atoms with van der Waals surface area (Å²) in [5.74, 6) is 0.695. The molecule has 0 aromatic carbocycles. The van der Waals surface area contributed by atoms with Crippen molar-refractivity contribution in [1.29, 1.82) is 0 Å². The maximum absolute atomic E-state index is 6.17. The molecule has 0 unspecified atom stereocenters. The highest BCUT2D eigenvalue weighted by Crippen LogP contribution is 2.26. The van der Waals surface area contributed by atoms with Crippen LogP contribution in [-0.2, 0) is 6.54 Å². The molecule has 1 aromatic heterocycles. The zero-order valence-corrected chi connectivity index (χ0v) is 12.2. The highest BCUT2D eigenvalue weighted by atomic mass is 35.5. The quantitative estimate of drug-likeness (QED) is 0.745. The van der Waals surface area contributed by atoms with Gasteiger partial charge in [0.2, 0.25) is 0 Å². The van der Waals surface area contributed by atoms with Gasteiger partial charge in [0, 0.05) is 30.9 Å². The standard InChI is InChI=1S/C15H23ClN2/c1-12(2)10-18(14-7-3-4-8-14)11-13-6-5-9-17-15(13)16/h5-6,9,12,14H,3-4,7-8,10-11H2,1-2H3. The summed E-state index contributed by atoms with van der Waals surface area (Å²) in [5.41, 5.74) is 1.16. The van der Waals surface area contributed by atoms with Crippen LogP contribution < -0.4 is 0 Å². The van der Waals surface area contributed by atoms with E-state index in [1.54, 1.807) is 6.20 Å². The Hall–Kier alpha value is -0.600. The Morgan fingerprint density at radius 1 is 1.39 bits per heavy atom. The molecule has 0 radical (unpaired) electrons. The monoisotopic (exact) mass is 266 g/mol. The zero-order chi connectivity index (χ0) is 13.0. The lowest BCUT2D eigenvalue weighted by Gasteiger charge is -2.30. The average Bonchev–Trinajstić information content (AvgIpc) is 2.84. The van der Waals surface area contributed by atoms with Crippen LogP contribution in [0.4, 0.5) is 0 Å². The van der Waals surface area contributed by atoms with E-state index in [2.05, 4.69) is 29.8 Å². The van der Waals surface area contributed by atoms with E-state index in [4.69, 9.17) is 11.6 Å². The normalized spacial score (nSPS) is 16.9. The van der Waals surface area contributed by atoms with Crippen LogP contribution >= 0.6 is 11.6 Å². The first-order valence-corrected chi connectivity index (χ1v) is 7.38. The molecule has 0 bridgehead atoms. The summed E-state index contributed by atoms with van der Waals surface area (Å²) in [4.78, 5) is 6.77. The summed E-state index contributed by atoms with van der Waals surface area (Å²) < 4.78 is 0. The number of hydrogen-bond donors (Lipinski definition) is 0. The maximum atomic E-state index is 6.17. The van der Waals surface area contributed by atoms with Crippen LogP contribution in [0.1, 0.15) is 45.1 Å². The van der Waals surface area contributed by atoms with E-state index in [1.807, 2.05) is 6.07 Å². The Morgan fingerprint density at radius 2 is 2.11 bits per heavy atom. The Morgan fingerprint density at radius 3 is 2.72 bits per heavy atom. The van der Waals surface area contributed by atoms with Gasteiger partial charge in [0.15, 0.2) is 0 Å². The van der Waals surface area contributed by atoms with Crippen LogP contribution in [0.3, 0.4) is 0 Å². The lowest BCUT2D eigenvalue weighted by molar-refractivity contribution is 0.168. The van der Waals surface area contributed by atoms with Crippen LogP contribution in [0, 0.1) is 5.92 Å². The fourth-order valence-electron chi connectivity index (χ4n) is 2.84. The minimum atomic E-state index is 0.657. The van der Waals surface area contributed by atoms with Crippen molar-refractivity contribution in [3.8, 4) is 0 Å². The molecule has 18 heavy (non-hydrogen) atoms. The van der Waals surface area contributed by atoms with Gasteiger partial charge in [-0.3, -0.25) is 4.90 Å². The highest BCUT2D eigenvalue weighted by Gasteiger charge is 2.23. The van der Waals surface area contributed by atoms with Crippen molar-refractivity contribution in [3.63, 3.8) is 0 Å². The highest BCUT2D eigenvalue weighted by molar-refractivity contribution is 6.30. The molecule has 0 saturated heterocycles. The fraction of sp³-hybridized carbons (Fsp3) is 0.667. The van der Waals surface area contributed by atoms with Crippen molar-refractivity contribution in [3.05, 3.63) is 29.0 Å². The molecule has 100 valence electrons. The summed E-state index contributed by atoms with van der Waals surface area (Å²) in [6.07, 6.45) is 7.18. The summed E-state index contributed by atoms with van der Waals surface area (Å²) in [6.45, 7) is 6.66. The molecule has 1 aliphatic rings. The third-order valence-electron chi connectivity index (χ3n) is 3.65. The summed E-state index contributed by atoms with van der Waals surface area (Å²) in [7, 11) is 0. The molecule has 1 heterocycles. The van der Waals surface area contributed by atoms with Crippen LogP contribution in [0.5, 0.6) is 0 Å². The first-order valence-electron chi connectivity index (χ1n) is 7.00. The summed E-state index contributed by atoms with van der Waals surface area (Å²) >= 11 is 6.17. The van der Waals surface area contributed by atoms with Crippen molar-refractivity contribution in [1.82, 2.24) is 9.88 Å². The number of aromatic nitrogens is 1. The largest absolute Gasteiger partial charge is 0.296 e. The van der Waals surface area contributed by atoms with Gasteiger partial charge in [-0.2, -0.15) is 0 Å². The predicted molar refractivity (Wildman–Crippen MR) is 76.8 cm³/mol. The molecule has 0 atom stereocenters. The zero-order valence-electron chi connectivity index (χ0n) is 11.4. The summed E-state index contributed by atoms with van der Waals surface area (Å²) in [5, 5.41) is 0.657. The molecule has 2 rings (SSSR count). The van der Waals surface area contributed by atoms with Gasteiger partial charge in [-0.05, 0) is 24.8 Å². The molecular weight excluding hydrogens is 244 g/mol. The molecule has 0 aliphatic heterocycles. The number of pyridine rings is 1. The van der Waals surface area contributed by atoms with Crippen LogP contribution in [0.2, 0.25) is 5.15 Å². The van der Waals surface area contributed by atoms with E-state index in [0.717, 1.165) is 24.7 Å². The molecule has 1 aliphatic carbocycles. The topological polar surface area (TPSA) is 16.1 Å². The van der Waals surface area contributed by atoms with Crippen LogP contribution in [-0.4, -0.2) is 22.5 Å². The minimum Gasteiger partial charge on any atom is -0.296 e. The SMILES string of the molecule is CC(C)CN(Cc1cccnc1Cl)C1CCCC1. The van der Waals surface area contributed by atoms with Gasteiger partial charge in [0.1, 0.15) is 5.15 Å². The smallest absolute Gasteiger partial charge is 0.133 e. The van der Waals surface area contributed by atoms with E-state index in [9.17, 15) is 0 Å². The molecule has 0 spiro atoms. The van der Waals surface area contributed by atoms with E-state index < -0.39 is 0 Å². The van der Waals surface area contributed by atoms with E-state index >= 15 is 0 Å². The molecule has 0 N–H and O–H groups in total. The molecule has 2 nitrogen and oxygen atoms in total. The summed E-state index contributed by atoms with van der Waals surface area (Å²) in [6, 6.07) is 4.81. The number of halogens is 1. The third-order valence-corrected chi connectivity index (χ3v) is 3.99. The first-order chi connectivity index (χ1) is 8.66. The van der Waals surface area contributed by atoms with Gasteiger partial charge in [-0.25, -0.2) is 4.98 Å². The van der Waals surface area contributed by atoms with Crippen LogP contribution in [0.25, 0.3) is 0 Å². The minimum absolute atomic E-state index is 0.657. The second kappa shape index (κ2) is 6.53. The van der Waals surface area contributed by atoms with Gasteiger partial charge >= 0.3 is 0 Å². The number of nitrogens with zero attached hydrogens (tertiary/aromatic N) is 2. The maximum Gasteiger partial charge on any atom is 0.133 e. The van der Waals surface area contributed by atoms with Crippen molar-refractivity contribution >= 4 is 11.6 Å². The third kappa shape index (κ3) is 3.69. The molecular formula is C15H23ClN2. The van der Waals surface area contributed by atoms with E-state index in [0.29, 0.717) is 11.1 Å². The van der Waals surface area contributed by atoms with Gasteiger partial charge in [0.25, 0.3) is 0 Å². The Kier molecular flexibility index (Phi) is 5.02. The number of rotatable bonds is 5. The van der Waals surface area contributed by atoms with Crippen molar-refractivity contribution < 1.29 is 0 Å². The number of hydrogen-bond acceptors (Lipinski definition) is 2. The molecule has 3 heteroatoms. The molecule has 1 saturated carbocycles. The van der Waals surface area contributed by atoms with Gasteiger partial charge < -0.3 is 0 Å². The van der Waals surface area contributed by atoms with E-state index in [1.165, 1.54) is 25.7 Å². The Balaban J connectivity index is 2.06. The van der Waals surface area contributed by atoms with Crippen LogP contribution in [0.15, 0.2) is 18.3 Å². The average molecular weight is 267 g/mol. The second-order valence-electron chi connectivity index (χ2n) is 5.71. The Bertz CT molecular complexity index is 373. The van der Waals surface area contributed by atoms with E-state index in [-0.39, 0.29) is 0 Å². The van der Waals surface area contributed by atoms with Gasteiger partial charge in [-0.15, -0.1) is 0 Å². The molecule has 0 amide bonds. The lowest BCUT2D eigenvalue weighted by atomic mass is 10.1.